The molecule has 0 atom stereocenters. The van der Waals surface area contributed by atoms with Gasteiger partial charge < -0.3 is 10.1 Å². The summed E-state index contributed by atoms with van der Waals surface area (Å²) in [6, 6.07) is 13.2. The molecule has 0 aliphatic carbocycles. The van der Waals surface area contributed by atoms with Crippen LogP contribution >= 0.6 is 12.2 Å². The van der Waals surface area contributed by atoms with Crippen LogP contribution in [0, 0.1) is 16.0 Å². The van der Waals surface area contributed by atoms with Crippen LogP contribution in [0.3, 0.4) is 0 Å². The van der Waals surface area contributed by atoms with Crippen LogP contribution in [0.4, 0.5) is 11.4 Å². The highest BCUT2D eigenvalue weighted by Crippen LogP contribution is 2.16. The Kier molecular flexibility index (Phi) is 8.29. The predicted molar refractivity (Wildman–Crippen MR) is 118 cm³/mol. The molecule has 152 valence electrons. The molecular weight excluding hydrogens is 390 g/mol. The summed E-state index contributed by atoms with van der Waals surface area (Å²) in [5.41, 5.74) is 1.39. The lowest BCUT2D eigenvalue weighted by Gasteiger charge is -2.10. The predicted octanol–water partition coefficient (Wildman–Crippen LogP) is 4.55. The number of nitrogens with one attached hydrogen (secondary N) is 2. The van der Waals surface area contributed by atoms with Crippen molar-refractivity contribution in [2.75, 3.05) is 11.9 Å². The Balaban J connectivity index is 1.80. The van der Waals surface area contributed by atoms with Crippen molar-refractivity contribution in [3.63, 3.8) is 0 Å². The van der Waals surface area contributed by atoms with E-state index in [0.29, 0.717) is 18.1 Å². The number of carbonyl (C=O) groups excluding carboxylic acids is 1. The Bertz CT molecular complexity index is 878. The first-order valence-electron chi connectivity index (χ1n) is 9.11. The summed E-state index contributed by atoms with van der Waals surface area (Å²) in [6.07, 6.45) is 3.84. The fourth-order valence-corrected chi connectivity index (χ4v) is 2.46. The fraction of sp³-hybridized carbons (Fsp3) is 0.238. The average Bonchev–Trinajstić information content (AvgIpc) is 2.67. The van der Waals surface area contributed by atoms with E-state index in [1.807, 2.05) is 24.3 Å². The Morgan fingerprint density at radius 2 is 1.83 bits per heavy atom. The van der Waals surface area contributed by atoms with Crippen LogP contribution in [-0.4, -0.2) is 22.5 Å². The summed E-state index contributed by atoms with van der Waals surface area (Å²) in [4.78, 5) is 22.1. The largest absolute Gasteiger partial charge is 0.494 e. The highest BCUT2D eigenvalue weighted by molar-refractivity contribution is 7.80. The fourth-order valence-electron chi connectivity index (χ4n) is 2.24. The topological polar surface area (TPSA) is 93.5 Å². The van der Waals surface area contributed by atoms with Gasteiger partial charge in [0.15, 0.2) is 5.11 Å². The van der Waals surface area contributed by atoms with E-state index in [1.165, 1.54) is 18.2 Å². The molecule has 0 spiro atoms. The number of amides is 1. The Hall–Kier alpha value is -3.26. The van der Waals surface area contributed by atoms with Crippen LogP contribution < -0.4 is 15.4 Å². The van der Waals surface area contributed by atoms with E-state index in [4.69, 9.17) is 17.0 Å². The third-order valence-corrected chi connectivity index (χ3v) is 4.05. The van der Waals surface area contributed by atoms with Crippen molar-refractivity contribution in [2.45, 2.75) is 20.3 Å². The number of anilines is 1. The number of non-ortho nitro benzene ring substituents is 1. The van der Waals surface area contributed by atoms with E-state index in [-0.39, 0.29) is 10.8 Å². The number of nitro benzene ring substituents is 1. The van der Waals surface area contributed by atoms with Gasteiger partial charge in [-0.25, -0.2) is 0 Å². The number of hydrogen-bond donors (Lipinski definition) is 2. The highest BCUT2D eigenvalue weighted by atomic mass is 32.1. The number of rotatable bonds is 8. The molecule has 0 saturated heterocycles. The zero-order valence-corrected chi connectivity index (χ0v) is 17.1. The minimum absolute atomic E-state index is 0.00619. The number of ether oxygens (including phenoxy) is 1. The minimum Gasteiger partial charge on any atom is -0.494 e. The van der Waals surface area contributed by atoms with E-state index in [9.17, 15) is 14.9 Å². The van der Waals surface area contributed by atoms with Crippen molar-refractivity contribution in [1.29, 1.82) is 0 Å². The maximum Gasteiger partial charge on any atom is 0.269 e. The summed E-state index contributed by atoms with van der Waals surface area (Å²) in [5.74, 6) is 0.957. The van der Waals surface area contributed by atoms with E-state index in [1.54, 1.807) is 18.2 Å². The van der Waals surface area contributed by atoms with Crippen LogP contribution in [-0.2, 0) is 4.79 Å². The zero-order chi connectivity index (χ0) is 21.2. The van der Waals surface area contributed by atoms with Crippen LogP contribution in [0.25, 0.3) is 6.08 Å². The molecule has 0 aromatic heterocycles. The van der Waals surface area contributed by atoms with Crippen LogP contribution in [0.1, 0.15) is 25.8 Å². The van der Waals surface area contributed by atoms with Crippen LogP contribution in [0.5, 0.6) is 5.75 Å². The Morgan fingerprint density at radius 1 is 1.17 bits per heavy atom. The Labute approximate surface area is 174 Å². The second-order valence-corrected chi connectivity index (χ2v) is 7.09. The van der Waals surface area contributed by atoms with Crippen LogP contribution in [0.15, 0.2) is 54.6 Å². The molecule has 2 N–H and O–H groups in total. The number of nitro groups is 1. The molecule has 0 aliphatic rings. The van der Waals surface area contributed by atoms with Gasteiger partial charge in [-0.2, -0.15) is 0 Å². The SMILES string of the molecule is CC(C)CCOc1ccc(NC(=S)NC(=O)/C=C/c2ccc([N+](=O)[O-])cc2)cc1. The lowest BCUT2D eigenvalue weighted by Crippen LogP contribution is -2.32. The van der Waals surface area contributed by atoms with Crippen molar-refractivity contribution in [1.82, 2.24) is 5.32 Å². The van der Waals surface area contributed by atoms with Gasteiger partial charge in [-0.1, -0.05) is 13.8 Å². The third-order valence-electron chi connectivity index (χ3n) is 3.84. The van der Waals surface area contributed by atoms with Crippen LogP contribution in [0.2, 0.25) is 0 Å². The van der Waals surface area contributed by atoms with Gasteiger partial charge in [0.1, 0.15) is 5.75 Å². The van der Waals surface area contributed by atoms with Gasteiger partial charge in [0.2, 0.25) is 5.91 Å². The van der Waals surface area contributed by atoms with E-state index in [2.05, 4.69) is 24.5 Å². The van der Waals surface area contributed by atoms with Crippen molar-refractivity contribution in [3.8, 4) is 5.75 Å². The molecule has 0 radical (unpaired) electrons. The zero-order valence-electron chi connectivity index (χ0n) is 16.3. The molecule has 29 heavy (non-hydrogen) atoms. The standard InChI is InChI=1S/C21H23N3O4S/c1-15(2)13-14-28-19-10-6-17(7-11-19)22-21(29)23-20(25)12-5-16-3-8-18(9-4-16)24(26)27/h3-12,15H,13-14H2,1-2H3,(H2,22,23,25,29)/b12-5+. The summed E-state index contributed by atoms with van der Waals surface area (Å²) in [5, 5.41) is 16.3. The number of thiocarbonyl (C=S) groups is 1. The number of benzene rings is 2. The molecule has 7 nitrogen and oxygen atoms in total. The first kappa shape index (κ1) is 22.0. The van der Waals surface area contributed by atoms with Gasteiger partial charge in [0, 0.05) is 23.9 Å². The molecule has 0 saturated carbocycles. The van der Waals surface area contributed by atoms with Gasteiger partial charge in [-0.3, -0.25) is 20.2 Å². The van der Waals surface area contributed by atoms with Gasteiger partial charge >= 0.3 is 0 Å². The second kappa shape index (κ2) is 10.9. The average molecular weight is 413 g/mol. The highest BCUT2D eigenvalue weighted by Gasteiger charge is 2.04. The molecular formula is C21H23N3O4S. The molecule has 2 rings (SSSR count). The van der Waals surface area contributed by atoms with Gasteiger partial charge in [-0.05, 0) is 72.6 Å². The number of hydrogen-bond acceptors (Lipinski definition) is 5. The number of carbonyl (C=O) groups is 1. The maximum atomic E-state index is 12.0. The molecule has 0 fully saturated rings. The molecule has 0 aliphatic heterocycles. The van der Waals surface area contributed by atoms with E-state index >= 15 is 0 Å². The molecule has 8 heteroatoms. The van der Waals surface area contributed by atoms with Gasteiger partial charge in [0.25, 0.3) is 5.69 Å². The first-order chi connectivity index (χ1) is 13.8. The first-order valence-corrected chi connectivity index (χ1v) is 9.51. The normalized spacial score (nSPS) is 10.7. The van der Waals surface area contributed by atoms with Crippen molar-refractivity contribution in [3.05, 3.63) is 70.3 Å². The van der Waals surface area contributed by atoms with Crippen molar-refractivity contribution in [2.24, 2.45) is 5.92 Å². The number of nitrogens with zero attached hydrogens (tertiary/aromatic N) is 1. The molecule has 0 unspecified atom stereocenters. The molecule has 2 aromatic carbocycles. The summed E-state index contributed by atoms with van der Waals surface area (Å²) < 4.78 is 5.66. The minimum atomic E-state index is -0.478. The maximum absolute atomic E-state index is 12.0. The smallest absolute Gasteiger partial charge is 0.269 e. The van der Waals surface area contributed by atoms with E-state index in [0.717, 1.165) is 17.9 Å². The monoisotopic (exact) mass is 413 g/mol. The van der Waals surface area contributed by atoms with Crippen molar-refractivity contribution < 1.29 is 14.5 Å². The second-order valence-electron chi connectivity index (χ2n) is 6.68. The lowest BCUT2D eigenvalue weighted by molar-refractivity contribution is -0.384. The van der Waals surface area contributed by atoms with E-state index < -0.39 is 10.8 Å². The van der Waals surface area contributed by atoms with Gasteiger partial charge in [0.05, 0.1) is 11.5 Å². The quantitative estimate of drug-likeness (QED) is 0.285. The molecule has 2 aromatic rings. The molecule has 0 heterocycles. The summed E-state index contributed by atoms with van der Waals surface area (Å²) in [7, 11) is 0. The van der Waals surface area contributed by atoms with Gasteiger partial charge in [-0.15, -0.1) is 0 Å². The Morgan fingerprint density at radius 3 is 2.41 bits per heavy atom. The molecule has 0 bridgehead atoms. The lowest BCUT2D eigenvalue weighted by atomic mass is 10.1. The van der Waals surface area contributed by atoms with Crippen molar-refractivity contribution >= 4 is 40.7 Å². The summed E-state index contributed by atoms with van der Waals surface area (Å²) >= 11 is 5.14. The summed E-state index contributed by atoms with van der Waals surface area (Å²) in [6.45, 7) is 4.96. The molecule has 1 amide bonds. The third kappa shape index (κ3) is 8.10.